The van der Waals surface area contributed by atoms with Gasteiger partial charge in [-0.05, 0) is 12.5 Å². The minimum absolute atomic E-state index is 0.0505. The highest BCUT2D eigenvalue weighted by Crippen LogP contribution is 2.20. The minimum atomic E-state index is -1.07. The van der Waals surface area contributed by atoms with Crippen LogP contribution in [0.5, 0.6) is 0 Å². The zero-order valence-electron chi connectivity index (χ0n) is 9.76. The molecular formula is C11H17N3O3. The molecule has 1 rings (SSSR count). The molecule has 0 amide bonds. The Hall–Kier alpha value is -1.82. The predicted molar refractivity (Wildman–Crippen MR) is 65.2 cm³/mol. The van der Waals surface area contributed by atoms with Gasteiger partial charge < -0.3 is 20.8 Å². The van der Waals surface area contributed by atoms with Crippen molar-refractivity contribution >= 4 is 17.5 Å². The number of carbonyl (C=O) groups is 1. The third-order valence-electron chi connectivity index (χ3n) is 2.28. The van der Waals surface area contributed by atoms with E-state index in [0.29, 0.717) is 24.6 Å². The van der Waals surface area contributed by atoms with E-state index in [4.69, 9.17) is 15.9 Å². The fraction of sp³-hybridized carbons (Fsp3) is 0.455. The maximum atomic E-state index is 11.1. The molecule has 0 unspecified atom stereocenters. The highest BCUT2D eigenvalue weighted by Gasteiger charge is 2.17. The van der Waals surface area contributed by atoms with Gasteiger partial charge in [-0.3, -0.25) is 0 Å². The number of carboxylic acids is 1. The molecule has 1 heterocycles. The molecular weight excluding hydrogens is 222 g/mol. The van der Waals surface area contributed by atoms with Gasteiger partial charge in [0.05, 0.1) is 18.5 Å². The Kier molecular flexibility index (Phi) is 4.71. The normalized spacial score (nSPS) is 10.2. The molecule has 0 saturated carbocycles. The molecule has 0 bridgehead atoms. The second kappa shape index (κ2) is 6.05. The molecule has 1 aromatic heterocycles. The van der Waals surface area contributed by atoms with Crippen LogP contribution in [0.2, 0.25) is 0 Å². The van der Waals surface area contributed by atoms with Crippen LogP contribution < -0.4 is 10.6 Å². The lowest BCUT2D eigenvalue weighted by Crippen LogP contribution is -2.30. The van der Waals surface area contributed by atoms with Crippen molar-refractivity contribution in [3.63, 3.8) is 0 Å². The van der Waals surface area contributed by atoms with Crippen LogP contribution in [-0.2, 0) is 0 Å². The maximum Gasteiger partial charge on any atom is 0.339 e. The minimum Gasteiger partial charge on any atom is -0.478 e. The number of aliphatic hydroxyl groups is 1. The van der Waals surface area contributed by atoms with E-state index in [1.165, 1.54) is 12.3 Å². The summed E-state index contributed by atoms with van der Waals surface area (Å²) in [6.07, 6.45) is 2.26. The molecule has 0 fully saturated rings. The van der Waals surface area contributed by atoms with Gasteiger partial charge >= 0.3 is 5.97 Å². The Morgan fingerprint density at radius 3 is 2.76 bits per heavy atom. The molecule has 94 valence electrons. The van der Waals surface area contributed by atoms with Crippen LogP contribution in [0.4, 0.5) is 11.5 Å². The lowest BCUT2D eigenvalue weighted by molar-refractivity contribution is 0.0697. The number of aliphatic hydroxyl groups excluding tert-OH is 1. The topological polar surface area (TPSA) is 99.7 Å². The summed E-state index contributed by atoms with van der Waals surface area (Å²) in [5.74, 6) is -0.721. The zero-order valence-corrected chi connectivity index (χ0v) is 9.76. The molecule has 0 radical (unpaired) electrons. The van der Waals surface area contributed by atoms with Crippen molar-refractivity contribution in [2.45, 2.75) is 13.3 Å². The summed E-state index contributed by atoms with van der Waals surface area (Å²) >= 11 is 0. The second-order valence-corrected chi connectivity index (χ2v) is 3.66. The monoisotopic (exact) mass is 239 g/mol. The lowest BCUT2D eigenvalue weighted by atomic mass is 10.2. The van der Waals surface area contributed by atoms with E-state index in [2.05, 4.69) is 4.98 Å². The zero-order chi connectivity index (χ0) is 12.8. The predicted octanol–water partition coefficient (Wildman–Crippen LogP) is 0.571. The first-order chi connectivity index (χ1) is 8.10. The molecule has 1 aromatic rings. The first-order valence-corrected chi connectivity index (χ1v) is 5.44. The summed E-state index contributed by atoms with van der Waals surface area (Å²) in [4.78, 5) is 16.9. The second-order valence-electron chi connectivity index (χ2n) is 3.66. The smallest absolute Gasteiger partial charge is 0.339 e. The van der Waals surface area contributed by atoms with E-state index < -0.39 is 5.97 Å². The first kappa shape index (κ1) is 13.2. The van der Waals surface area contributed by atoms with Gasteiger partial charge in [0.1, 0.15) is 11.4 Å². The van der Waals surface area contributed by atoms with Gasteiger partial charge in [0.2, 0.25) is 0 Å². The molecule has 0 atom stereocenters. The summed E-state index contributed by atoms with van der Waals surface area (Å²) in [5, 5.41) is 18.1. The number of pyridine rings is 1. The van der Waals surface area contributed by atoms with Crippen LogP contribution in [-0.4, -0.2) is 40.9 Å². The van der Waals surface area contributed by atoms with Crippen molar-refractivity contribution in [3.8, 4) is 0 Å². The Morgan fingerprint density at radius 2 is 2.24 bits per heavy atom. The van der Waals surface area contributed by atoms with Crippen LogP contribution in [0.1, 0.15) is 23.7 Å². The number of nitrogen functional groups attached to an aromatic ring is 1. The van der Waals surface area contributed by atoms with Crippen LogP contribution in [0.3, 0.4) is 0 Å². The van der Waals surface area contributed by atoms with Gasteiger partial charge in [-0.1, -0.05) is 6.92 Å². The average Bonchev–Trinajstić information content (AvgIpc) is 2.28. The van der Waals surface area contributed by atoms with Crippen molar-refractivity contribution in [1.82, 2.24) is 4.98 Å². The van der Waals surface area contributed by atoms with Gasteiger partial charge in [0, 0.05) is 13.1 Å². The number of hydrogen-bond donors (Lipinski definition) is 3. The largest absolute Gasteiger partial charge is 0.478 e. The summed E-state index contributed by atoms with van der Waals surface area (Å²) in [6.45, 7) is 2.91. The van der Waals surface area contributed by atoms with Gasteiger partial charge in [0.25, 0.3) is 0 Å². The molecule has 6 nitrogen and oxygen atoms in total. The number of nitrogens with zero attached hydrogens (tertiary/aromatic N) is 2. The van der Waals surface area contributed by atoms with Gasteiger partial charge in [-0.2, -0.15) is 0 Å². The number of nitrogens with two attached hydrogens (primary N) is 1. The van der Waals surface area contributed by atoms with Crippen LogP contribution in [0.25, 0.3) is 0 Å². The van der Waals surface area contributed by atoms with Crippen LogP contribution in [0, 0.1) is 0 Å². The Morgan fingerprint density at radius 1 is 1.53 bits per heavy atom. The fourth-order valence-electron chi connectivity index (χ4n) is 1.60. The van der Waals surface area contributed by atoms with Gasteiger partial charge in [-0.25, -0.2) is 9.78 Å². The van der Waals surface area contributed by atoms with Crippen LogP contribution >= 0.6 is 0 Å². The van der Waals surface area contributed by atoms with Crippen molar-refractivity contribution < 1.29 is 15.0 Å². The molecule has 0 saturated heterocycles. The van der Waals surface area contributed by atoms with E-state index in [1.54, 1.807) is 4.90 Å². The van der Waals surface area contributed by atoms with Crippen molar-refractivity contribution in [1.29, 1.82) is 0 Å². The Bertz CT molecular complexity index is 390. The van der Waals surface area contributed by atoms with E-state index in [9.17, 15) is 4.79 Å². The van der Waals surface area contributed by atoms with Gasteiger partial charge in [-0.15, -0.1) is 0 Å². The Labute approximate surface area is 99.7 Å². The van der Waals surface area contributed by atoms with Crippen molar-refractivity contribution in [2.24, 2.45) is 0 Å². The third kappa shape index (κ3) is 3.32. The molecule has 0 aromatic carbocycles. The molecule has 17 heavy (non-hydrogen) atoms. The average molecular weight is 239 g/mol. The highest BCUT2D eigenvalue weighted by molar-refractivity contribution is 5.94. The SMILES string of the molecule is CCCN(CCO)c1ncc(N)cc1C(=O)O. The number of hydrogen-bond acceptors (Lipinski definition) is 5. The van der Waals surface area contributed by atoms with E-state index in [0.717, 1.165) is 6.42 Å². The lowest BCUT2D eigenvalue weighted by Gasteiger charge is -2.23. The maximum absolute atomic E-state index is 11.1. The molecule has 0 aliphatic rings. The standard InChI is InChI=1S/C11H17N3O3/c1-2-3-14(4-5-15)10-9(11(16)17)6-8(12)7-13-10/h6-7,15H,2-5,12H2,1H3,(H,16,17). The molecule has 4 N–H and O–H groups in total. The molecule has 6 heteroatoms. The number of rotatable bonds is 6. The summed E-state index contributed by atoms with van der Waals surface area (Å²) < 4.78 is 0. The van der Waals surface area contributed by atoms with E-state index in [1.807, 2.05) is 6.92 Å². The fourth-order valence-corrected chi connectivity index (χ4v) is 1.60. The first-order valence-electron chi connectivity index (χ1n) is 5.44. The van der Waals surface area contributed by atoms with E-state index in [-0.39, 0.29) is 12.2 Å². The van der Waals surface area contributed by atoms with Crippen molar-refractivity contribution in [2.75, 3.05) is 30.3 Å². The number of anilines is 2. The quantitative estimate of drug-likeness (QED) is 0.671. The van der Waals surface area contributed by atoms with E-state index >= 15 is 0 Å². The summed E-state index contributed by atoms with van der Waals surface area (Å²) in [7, 11) is 0. The molecule has 0 aliphatic carbocycles. The summed E-state index contributed by atoms with van der Waals surface area (Å²) in [5.41, 5.74) is 5.89. The summed E-state index contributed by atoms with van der Waals surface area (Å²) in [6, 6.07) is 1.38. The number of aromatic nitrogens is 1. The highest BCUT2D eigenvalue weighted by atomic mass is 16.4. The van der Waals surface area contributed by atoms with Crippen molar-refractivity contribution in [3.05, 3.63) is 17.8 Å². The molecule has 0 aliphatic heterocycles. The van der Waals surface area contributed by atoms with Crippen LogP contribution in [0.15, 0.2) is 12.3 Å². The third-order valence-corrected chi connectivity index (χ3v) is 2.28. The number of carboxylic acid groups (broad SMARTS) is 1. The van der Waals surface area contributed by atoms with Gasteiger partial charge in [0.15, 0.2) is 0 Å². The number of aromatic carboxylic acids is 1. The Balaban J connectivity index is 3.12. The molecule has 0 spiro atoms.